The van der Waals surface area contributed by atoms with Gasteiger partial charge in [-0.25, -0.2) is 9.97 Å². The van der Waals surface area contributed by atoms with Crippen LogP contribution < -0.4 is 22.1 Å². The number of nitrogen functional groups attached to an aromatic ring is 1. The van der Waals surface area contributed by atoms with Crippen LogP contribution in [0.2, 0.25) is 0 Å². The second-order valence-corrected chi connectivity index (χ2v) is 7.38. The van der Waals surface area contributed by atoms with Crippen molar-refractivity contribution >= 4 is 28.9 Å². The summed E-state index contributed by atoms with van der Waals surface area (Å²) in [6.07, 6.45) is 2.17. The van der Waals surface area contributed by atoms with Crippen LogP contribution in [0, 0.1) is 0 Å². The molecule has 0 saturated carbocycles. The van der Waals surface area contributed by atoms with Crippen molar-refractivity contribution in [3.63, 3.8) is 0 Å². The van der Waals surface area contributed by atoms with Crippen molar-refractivity contribution in [2.45, 2.75) is 12.5 Å². The summed E-state index contributed by atoms with van der Waals surface area (Å²) in [7, 11) is 0. The molecule has 1 aromatic heterocycles. The van der Waals surface area contributed by atoms with Crippen molar-refractivity contribution < 1.29 is 4.79 Å². The van der Waals surface area contributed by atoms with E-state index in [4.69, 9.17) is 11.5 Å². The van der Waals surface area contributed by atoms with Crippen LogP contribution in [0.25, 0.3) is 11.3 Å². The number of anilines is 4. The number of nitrogens with one attached hydrogen (secondary N) is 2. The molecule has 6 N–H and O–H groups in total. The van der Waals surface area contributed by atoms with Crippen LogP contribution in [0.15, 0.2) is 91.1 Å². The van der Waals surface area contributed by atoms with Crippen LogP contribution in [-0.2, 0) is 11.2 Å². The van der Waals surface area contributed by atoms with E-state index < -0.39 is 6.04 Å². The van der Waals surface area contributed by atoms with Gasteiger partial charge >= 0.3 is 0 Å². The molecule has 0 bridgehead atoms. The van der Waals surface area contributed by atoms with E-state index in [0.717, 1.165) is 22.5 Å². The molecular weight excluding hydrogens is 400 g/mol. The third-order valence-electron chi connectivity index (χ3n) is 4.88. The third-order valence-corrected chi connectivity index (χ3v) is 4.88. The Labute approximate surface area is 186 Å². The first-order valence-electron chi connectivity index (χ1n) is 10.2. The lowest BCUT2D eigenvalue weighted by Crippen LogP contribution is -2.37. The number of hydrogen-bond donors (Lipinski definition) is 4. The zero-order valence-corrected chi connectivity index (χ0v) is 17.4. The monoisotopic (exact) mass is 424 g/mol. The van der Waals surface area contributed by atoms with Gasteiger partial charge in [0.05, 0.1) is 11.7 Å². The van der Waals surface area contributed by atoms with Crippen LogP contribution >= 0.6 is 0 Å². The van der Waals surface area contributed by atoms with Crippen molar-refractivity contribution in [2.75, 3.05) is 16.4 Å². The van der Waals surface area contributed by atoms with Crippen LogP contribution in [0.5, 0.6) is 0 Å². The molecule has 0 spiro atoms. The van der Waals surface area contributed by atoms with Crippen molar-refractivity contribution in [3.05, 3.63) is 96.7 Å². The zero-order valence-electron chi connectivity index (χ0n) is 17.4. The Morgan fingerprint density at radius 1 is 0.906 bits per heavy atom. The van der Waals surface area contributed by atoms with E-state index >= 15 is 0 Å². The Bertz CT molecular complexity index is 1190. The van der Waals surface area contributed by atoms with Gasteiger partial charge in [-0.05, 0) is 48.4 Å². The Balaban J connectivity index is 1.40. The number of hydrogen-bond acceptors (Lipinski definition) is 6. The number of amides is 1. The molecule has 0 fully saturated rings. The number of carbonyl (C=O) groups is 1. The number of aromatic nitrogens is 2. The molecule has 0 radical (unpaired) electrons. The normalized spacial score (nSPS) is 11.5. The molecule has 1 heterocycles. The molecule has 0 unspecified atom stereocenters. The molecule has 0 saturated heterocycles. The summed E-state index contributed by atoms with van der Waals surface area (Å²) >= 11 is 0. The van der Waals surface area contributed by atoms with E-state index in [0.29, 0.717) is 23.7 Å². The molecule has 4 aromatic rings. The average molecular weight is 425 g/mol. The second kappa shape index (κ2) is 9.72. The van der Waals surface area contributed by atoms with E-state index in [1.54, 1.807) is 6.20 Å². The minimum atomic E-state index is -0.625. The van der Waals surface area contributed by atoms with Crippen LogP contribution in [-0.4, -0.2) is 21.9 Å². The highest BCUT2D eigenvalue weighted by Crippen LogP contribution is 2.22. The number of carbonyl (C=O) groups excluding carboxylic acids is 1. The Morgan fingerprint density at radius 3 is 2.44 bits per heavy atom. The molecule has 0 aliphatic heterocycles. The van der Waals surface area contributed by atoms with Crippen LogP contribution in [0.3, 0.4) is 0 Å². The lowest BCUT2D eigenvalue weighted by molar-refractivity contribution is -0.117. The van der Waals surface area contributed by atoms with E-state index in [1.807, 2.05) is 84.9 Å². The van der Waals surface area contributed by atoms with Crippen LogP contribution in [0.4, 0.5) is 23.0 Å². The number of rotatable bonds is 7. The highest BCUT2D eigenvalue weighted by Gasteiger charge is 2.14. The van der Waals surface area contributed by atoms with Gasteiger partial charge in [0.15, 0.2) is 0 Å². The highest BCUT2D eigenvalue weighted by molar-refractivity contribution is 5.95. The maximum Gasteiger partial charge on any atom is 0.241 e. The largest absolute Gasteiger partial charge is 0.399 e. The fraction of sp³-hybridized carbons (Fsp3) is 0.0800. The lowest BCUT2D eigenvalue weighted by Gasteiger charge is -2.13. The first-order chi connectivity index (χ1) is 15.6. The first kappa shape index (κ1) is 21.0. The SMILES string of the molecule is Nc1cccc(Nc2nccc(-c3ccc(NC(=O)[C@@H](N)Cc4ccccc4)cc3)n2)c1. The van der Waals surface area contributed by atoms with Crippen molar-refractivity contribution in [3.8, 4) is 11.3 Å². The van der Waals surface area contributed by atoms with Gasteiger partial charge in [-0.3, -0.25) is 4.79 Å². The lowest BCUT2D eigenvalue weighted by atomic mass is 10.1. The van der Waals surface area contributed by atoms with Gasteiger partial charge in [-0.1, -0.05) is 48.5 Å². The van der Waals surface area contributed by atoms with E-state index in [1.165, 1.54) is 0 Å². The Kier molecular flexibility index (Phi) is 6.38. The Morgan fingerprint density at radius 2 is 1.69 bits per heavy atom. The van der Waals surface area contributed by atoms with E-state index in [2.05, 4.69) is 20.6 Å². The van der Waals surface area contributed by atoms with E-state index in [9.17, 15) is 4.79 Å². The summed E-state index contributed by atoms with van der Waals surface area (Å²) in [6.45, 7) is 0. The summed E-state index contributed by atoms with van der Waals surface area (Å²) in [5, 5.41) is 6.02. The minimum absolute atomic E-state index is 0.225. The summed E-state index contributed by atoms with van der Waals surface area (Å²) in [6, 6.07) is 25.8. The van der Waals surface area contributed by atoms with Crippen LogP contribution in [0.1, 0.15) is 5.56 Å². The zero-order chi connectivity index (χ0) is 22.3. The summed E-state index contributed by atoms with van der Waals surface area (Å²) in [5.41, 5.74) is 16.7. The average Bonchev–Trinajstić information content (AvgIpc) is 2.80. The molecule has 7 nitrogen and oxygen atoms in total. The molecule has 7 heteroatoms. The molecule has 160 valence electrons. The van der Waals surface area contributed by atoms with Gasteiger partial charge in [-0.2, -0.15) is 0 Å². The second-order valence-electron chi connectivity index (χ2n) is 7.38. The van der Waals surface area contributed by atoms with E-state index in [-0.39, 0.29) is 5.91 Å². The van der Waals surface area contributed by atoms with Gasteiger partial charge in [0.2, 0.25) is 11.9 Å². The maximum absolute atomic E-state index is 12.4. The van der Waals surface area contributed by atoms with Gasteiger partial charge in [-0.15, -0.1) is 0 Å². The molecule has 1 atom stereocenters. The fourth-order valence-corrected chi connectivity index (χ4v) is 3.25. The number of benzene rings is 3. The summed E-state index contributed by atoms with van der Waals surface area (Å²) in [4.78, 5) is 21.3. The minimum Gasteiger partial charge on any atom is -0.399 e. The van der Waals surface area contributed by atoms with Gasteiger partial charge in [0, 0.05) is 28.8 Å². The molecule has 3 aromatic carbocycles. The van der Waals surface area contributed by atoms with Gasteiger partial charge in [0.25, 0.3) is 0 Å². The quantitative estimate of drug-likeness (QED) is 0.333. The highest BCUT2D eigenvalue weighted by atomic mass is 16.2. The maximum atomic E-state index is 12.4. The molecule has 32 heavy (non-hydrogen) atoms. The standard InChI is InChI=1S/C25H24N6O/c26-19-7-4-8-21(16-19)30-25-28-14-13-23(31-25)18-9-11-20(12-10-18)29-24(32)22(27)15-17-5-2-1-3-6-17/h1-14,16,22H,15,26-27H2,(H,29,32)(H,28,30,31)/t22-/m0/s1. The van der Waals surface area contributed by atoms with Gasteiger partial charge < -0.3 is 22.1 Å². The topological polar surface area (TPSA) is 119 Å². The molecule has 1 amide bonds. The molecule has 0 aliphatic rings. The van der Waals surface area contributed by atoms with Crippen molar-refractivity contribution in [1.82, 2.24) is 9.97 Å². The smallest absolute Gasteiger partial charge is 0.241 e. The number of nitrogens with zero attached hydrogens (tertiary/aromatic N) is 2. The summed E-state index contributed by atoms with van der Waals surface area (Å²) < 4.78 is 0. The molecule has 0 aliphatic carbocycles. The first-order valence-corrected chi connectivity index (χ1v) is 10.2. The number of nitrogens with two attached hydrogens (primary N) is 2. The Hall–Kier alpha value is -4.23. The van der Waals surface area contributed by atoms with Crippen molar-refractivity contribution in [2.24, 2.45) is 5.73 Å². The van der Waals surface area contributed by atoms with Gasteiger partial charge in [0.1, 0.15) is 0 Å². The van der Waals surface area contributed by atoms with Crippen molar-refractivity contribution in [1.29, 1.82) is 0 Å². The summed E-state index contributed by atoms with van der Waals surface area (Å²) in [5.74, 6) is 0.245. The molecule has 4 rings (SSSR count). The third kappa shape index (κ3) is 5.47. The predicted octanol–water partition coefficient (Wildman–Crippen LogP) is 3.98. The molecular formula is C25H24N6O. The predicted molar refractivity (Wildman–Crippen MR) is 128 cm³/mol. The fourth-order valence-electron chi connectivity index (χ4n) is 3.25.